The number of pyridine rings is 1. The molecule has 2 nitrogen and oxygen atoms in total. The molecule has 0 atom stereocenters. The summed E-state index contributed by atoms with van der Waals surface area (Å²) in [5.41, 5.74) is 1.41. The highest BCUT2D eigenvalue weighted by molar-refractivity contribution is 9.10. The van der Waals surface area contributed by atoms with Crippen molar-refractivity contribution in [3.8, 4) is 0 Å². The van der Waals surface area contributed by atoms with Gasteiger partial charge in [-0.05, 0) is 54.4 Å². The van der Waals surface area contributed by atoms with E-state index in [1.54, 1.807) is 0 Å². The SMILES string of the molecule is CC(C)(C)NCc1ccnc(Br)c1. The predicted molar refractivity (Wildman–Crippen MR) is 58.5 cm³/mol. The van der Waals surface area contributed by atoms with Gasteiger partial charge in [0.25, 0.3) is 0 Å². The van der Waals surface area contributed by atoms with Crippen molar-refractivity contribution >= 4 is 15.9 Å². The van der Waals surface area contributed by atoms with E-state index in [9.17, 15) is 0 Å². The average molecular weight is 243 g/mol. The van der Waals surface area contributed by atoms with Crippen LogP contribution >= 0.6 is 15.9 Å². The van der Waals surface area contributed by atoms with Crippen LogP contribution in [0.1, 0.15) is 26.3 Å². The molecule has 3 heteroatoms. The fourth-order valence-electron chi connectivity index (χ4n) is 0.920. The van der Waals surface area contributed by atoms with E-state index in [2.05, 4.69) is 47.0 Å². The van der Waals surface area contributed by atoms with E-state index < -0.39 is 0 Å². The van der Waals surface area contributed by atoms with Gasteiger partial charge in [-0.1, -0.05) is 0 Å². The van der Waals surface area contributed by atoms with Gasteiger partial charge < -0.3 is 5.32 Å². The summed E-state index contributed by atoms with van der Waals surface area (Å²) in [6.45, 7) is 7.35. The van der Waals surface area contributed by atoms with Gasteiger partial charge in [0, 0.05) is 18.3 Å². The first-order chi connectivity index (χ1) is 5.97. The van der Waals surface area contributed by atoms with E-state index >= 15 is 0 Å². The first-order valence-corrected chi connectivity index (χ1v) is 5.12. The third kappa shape index (κ3) is 4.39. The van der Waals surface area contributed by atoms with Gasteiger partial charge in [-0.25, -0.2) is 4.98 Å². The largest absolute Gasteiger partial charge is 0.308 e. The summed E-state index contributed by atoms with van der Waals surface area (Å²) in [5.74, 6) is 0. The molecule has 0 aromatic carbocycles. The van der Waals surface area contributed by atoms with E-state index in [1.165, 1.54) is 5.56 Å². The minimum Gasteiger partial charge on any atom is -0.308 e. The number of aromatic nitrogens is 1. The molecule has 0 aliphatic heterocycles. The third-order valence-corrected chi connectivity index (χ3v) is 2.05. The van der Waals surface area contributed by atoms with Crippen LogP contribution in [0.3, 0.4) is 0 Å². The van der Waals surface area contributed by atoms with Crippen LogP contribution in [0.2, 0.25) is 0 Å². The molecule has 0 fully saturated rings. The van der Waals surface area contributed by atoms with Gasteiger partial charge in [0.05, 0.1) is 0 Å². The number of hydrogen-bond donors (Lipinski definition) is 1. The van der Waals surface area contributed by atoms with Gasteiger partial charge in [0.15, 0.2) is 0 Å². The summed E-state index contributed by atoms with van der Waals surface area (Å²) in [6, 6.07) is 4.04. The van der Waals surface area contributed by atoms with Gasteiger partial charge in [-0.3, -0.25) is 0 Å². The Morgan fingerprint density at radius 3 is 2.69 bits per heavy atom. The molecule has 0 aliphatic rings. The zero-order valence-electron chi connectivity index (χ0n) is 8.26. The Labute approximate surface area is 87.9 Å². The monoisotopic (exact) mass is 242 g/mol. The Morgan fingerprint density at radius 1 is 1.46 bits per heavy atom. The van der Waals surface area contributed by atoms with Crippen LogP contribution in [0.5, 0.6) is 0 Å². The van der Waals surface area contributed by atoms with Crippen molar-refractivity contribution in [1.29, 1.82) is 0 Å². The lowest BCUT2D eigenvalue weighted by molar-refractivity contribution is 0.424. The van der Waals surface area contributed by atoms with Crippen molar-refractivity contribution in [2.24, 2.45) is 0 Å². The molecular weight excluding hydrogens is 228 g/mol. The topological polar surface area (TPSA) is 24.9 Å². The van der Waals surface area contributed by atoms with Crippen LogP contribution in [0.25, 0.3) is 0 Å². The molecule has 0 amide bonds. The second-order valence-electron chi connectivity index (χ2n) is 4.09. The van der Waals surface area contributed by atoms with Gasteiger partial charge in [-0.2, -0.15) is 0 Å². The molecule has 1 aromatic rings. The second kappa shape index (κ2) is 4.20. The lowest BCUT2D eigenvalue weighted by Gasteiger charge is -2.20. The molecule has 0 saturated heterocycles. The maximum Gasteiger partial charge on any atom is 0.106 e. The van der Waals surface area contributed by atoms with Crippen molar-refractivity contribution in [2.45, 2.75) is 32.9 Å². The Kier molecular flexibility index (Phi) is 3.45. The van der Waals surface area contributed by atoms with Crippen molar-refractivity contribution in [1.82, 2.24) is 10.3 Å². The zero-order chi connectivity index (χ0) is 9.90. The number of hydrogen-bond acceptors (Lipinski definition) is 2. The quantitative estimate of drug-likeness (QED) is 0.808. The molecule has 1 rings (SSSR count). The summed E-state index contributed by atoms with van der Waals surface area (Å²) in [5, 5.41) is 3.42. The molecule has 0 bridgehead atoms. The first-order valence-electron chi connectivity index (χ1n) is 4.33. The minimum atomic E-state index is 0.162. The number of nitrogens with zero attached hydrogens (tertiary/aromatic N) is 1. The number of rotatable bonds is 2. The van der Waals surface area contributed by atoms with Crippen LogP contribution in [0.15, 0.2) is 22.9 Å². The fraction of sp³-hybridized carbons (Fsp3) is 0.500. The summed E-state index contributed by atoms with van der Waals surface area (Å²) in [4.78, 5) is 4.07. The summed E-state index contributed by atoms with van der Waals surface area (Å²) in [6.07, 6.45) is 1.81. The zero-order valence-corrected chi connectivity index (χ0v) is 9.85. The smallest absolute Gasteiger partial charge is 0.106 e. The van der Waals surface area contributed by atoms with Crippen LogP contribution in [-0.2, 0) is 6.54 Å². The number of halogens is 1. The normalized spacial score (nSPS) is 11.7. The highest BCUT2D eigenvalue weighted by Gasteiger charge is 2.07. The van der Waals surface area contributed by atoms with Crippen molar-refractivity contribution in [2.75, 3.05) is 0 Å². The predicted octanol–water partition coefficient (Wildman–Crippen LogP) is 2.73. The van der Waals surface area contributed by atoms with Gasteiger partial charge >= 0.3 is 0 Å². The first kappa shape index (κ1) is 10.7. The van der Waals surface area contributed by atoms with Crippen molar-refractivity contribution < 1.29 is 0 Å². The summed E-state index contributed by atoms with van der Waals surface area (Å²) < 4.78 is 0.890. The van der Waals surface area contributed by atoms with Crippen molar-refractivity contribution in [3.05, 3.63) is 28.5 Å². The van der Waals surface area contributed by atoms with E-state index in [-0.39, 0.29) is 5.54 Å². The molecule has 0 aliphatic carbocycles. The second-order valence-corrected chi connectivity index (χ2v) is 4.90. The molecule has 0 spiro atoms. The molecule has 0 unspecified atom stereocenters. The Balaban J connectivity index is 2.55. The van der Waals surface area contributed by atoms with E-state index in [4.69, 9.17) is 0 Å². The third-order valence-electron chi connectivity index (χ3n) is 1.61. The van der Waals surface area contributed by atoms with Crippen LogP contribution in [0.4, 0.5) is 0 Å². The summed E-state index contributed by atoms with van der Waals surface area (Å²) in [7, 11) is 0. The van der Waals surface area contributed by atoms with Crippen LogP contribution < -0.4 is 5.32 Å². The molecule has 13 heavy (non-hydrogen) atoms. The standard InChI is InChI=1S/C10H15BrN2/c1-10(2,3)13-7-8-4-5-12-9(11)6-8/h4-6,13H,7H2,1-3H3. The maximum atomic E-state index is 4.07. The molecule has 0 saturated carbocycles. The molecular formula is C10H15BrN2. The Morgan fingerprint density at radius 2 is 2.15 bits per heavy atom. The van der Waals surface area contributed by atoms with E-state index in [0.29, 0.717) is 0 Å². The minimum absolute atomic E-state index is 0.162. The van der Waals surface area contributed by atoms with Crippen LogP contribution in [0, 0.1) is 0 Å². The molecule has 72 valence electrons. The Hall–Kier alpha value is -0.410. The fourth-order valence-corrected chi connectivity index (χ4v) is 1.33. The lowest BCUT2D eigenvalue weighted by atomic mass is 10.1. The van der Waals surface area contributed by atoms with E-state index in [0.717, 1.165) is 11.1 Å². The van der Waals surface area contributed by atoms with Gasteiger partial charge in [-0.15, -0.1) is 0 Å². The molecule has 1 N–H and O–H groups in total. The lowest BCUT2D eigenvalue weighted by Crippen LogP contribution is -2.35. The summed E-state index contributed by atoms with van der Waals surface area (Å²) >= 11 is 3.34. The highest BCUT2D eigenvalue weighted by Crippen LogP contribution is 2.09. The molecule has 1 aromatic heterocycles. The van der Waals surface area contributed by atoms with E-state index in [1.807, 2.05) is 18.3 Å². The van der Waals surface area contributed by atoms with Gasteiger partial charge in [0.2, 0.25) is 0 Å². The number of nitrogens with one attached hydrogen (secondary N) is 1. The Bertz CT molecular complexity index is 278. The average Bonchev–Trinajstić information content (AvgIpc) is 2.00. The molecule has 1 heterocycles. The van der Waals surface area contributed by atoms with Gasteiger partial charge in [0.1, 0.15) is 4.60 Å². The van der Waals surface area contributed by atoms with Crippen LogP contribution in [-0.4, -0.2) is 10.5 Å². The highest BCUT2D eigenvalue weighted by atomic mass is 79.9. The maximum absolute atomic E-state index is 4.07. The van der Waals surface area contributed by atoms with Crippen molar-refractivity contribution in [3.63, 3.8) is 0 Å². The molecule has 0 radical (unpaired) electrons.